The highest BCUT2D eigenvalue weighted by Gasteiger charge is 2.10. The van der Waals surface area contributed by atoms with Gasteiger partial charge in [0, 0.05) is 30.8 Å². The number of aromatic amines is 1. The number of aromatic nitrogens is 1. The molecule has 0 aliphatic carbocycles. The van der Waals surface area contributed by atoms with Crippen molar-refractivity contribution >= 4 is 10.9 Å². The molecule has 1 fully saturated rings. The van der Waals surface area contributed by atoms with Gasteiger partial charge in [-0.3, -0.25) is 4.90 Å². The first-order chi connectivity index (χ1) is 9.72. The van der Waals surface area contributed by atoms with Crippen molar-refractivity contribution < 1.29 is 0 Å². The fourth-order valence-electron chi connectivity index (χ4n) is 2.92. The van der Waals surface area contributed by atoms with E-state index in [0.717, 1.165) is 26.2 Å². The number of nitrogens with zero attached hydrogens (tertiary/aromatic N) is 1. The van der Waals surface area contributed by atoms with Crippen LogP contribution < -0.4 is 5.32 Å². The summed E-state index contributed by atoms with van der Waals surface area (Å²) in [5.41, 5.74) is 4.02. The molecular formula is C17H25N3. The van der Waals surface area contributed by atoms with Crippen molar-refractivity contribution in [1.82, 2.24) is 15.2 Å². The summed E-state index contributed by atoms with van der Waals surface area (Å²) in [7, 11) is 0. The normalized spacial score (nSPS) is 17.8. The number of rotatable bonds is 3. The van der Waals surface area contributed by atoms with Gasteiger partial charge in [0.15, 0.2) is 0 Å². The molecule has 2 heterocycles. The molecule has 3 heteroatoms. The molecule has 1 aliphatic heterocycles. The Morgan fingerprint density at radius 1 is 1.15 bits per heavy atom. The van der Waals surface area contributed by atoms with E-state index in [2.05, 4.69) is 53.3 Å². The summed E-state index contributed by atoms with van der Waals surface area (Å²) in [4.78, 5) is 6.10. The number of benzene rings is 1. The third kappa shape index (κ3) is 3.05. The fourth-order valence-corrected chi connectivity index (χ4v) is 2.92. The smallest absolute Gasteiger partial charge is 0.0459 e. The minimum absolute atomic E-state index is 0.558. The van der Waals surface area contributed by atoms with Gasteiger partial charge < -0.3 is 10.3 Å². The van der Waals surface area contributed by atoms with Gasteiger partial charge in [-0.25, -0.2) is 0 Å². The first-order valence-electron chi connectivity index (χ1n) is 7.77. The Morgan fingerprint density at radius 3 is 2.90 bits per heavy atom. The number of fused-ring (bicyclic) bond motifs is 1. The van der Waals surface area contributed by atoms with Gasteiger partial charge in [-0.1, -0.05) is 26.0 Å². The Labute approximate surface area is 121 Å². The Kier molecular flexibility index (Phi) is 4.08. The van der Waals surface area contributed by atoms with E-state index in [1.807, 2.05) is 0 Å². The zero-order valence-corrected chi connectivity index (χ0v) is 12.6. The monoisotopic (exact) mass is 271 g/mol. The Bertz CT molecular complexity index is 563. The minimum atomic E-state index is 0.558. The Morgan fingerprint density at radius 2 is 2.05 bits per heavy atom. The molecule has 0 spiro atoms. The van der Waals surface area contributed by atoms with E-state index in [-0.39, 0.29) is 0 Å². The second-order valence-electron chi connectivity index (χ2n) is 6.18. The molecule has 3 rings (SSSR count). The van der Waals surface area contributed by atoms with Crippen molar-refractivity contribution in [2.45, 2.75) is 32.7 Å². The molecule has 1 aliphatic rings. The fraction of sp³-hybridized carbons (Fsp3) is 0.529. The highest BCUT2D eigenvalue weighted by Crippen LogP contribution is 2.22. The van der Waals surface area contributed by atoms with Crippen LogP contribution in [0.2, 0.25) is 0 Å². The molecule has 0 saturated carbocycles. The van der Waals surface area contributed by atoms with Crippen LogP contribution in [-0.4, -0.2) is 36.1 Å². The van der Waals surface area contributed by atoms with Crippen LogP contribution in [0.1, 0.15) is 37.4 Å². The maximum absolute atomic E-state index is 3.55. The van der Waals surface area contributed by atoms with Crippen molar-refractivity contribution in [2.75, 3.05) is 26.2 Å². The lowest BCUT2D eigenvalue weighted by molar-refractivity contribution is 0.284. The van der Waals surface area contributed by atoms with Gasteiger partial charge in [0.2, 0.25) is 0 Å². The number of nitrogens with one attached hydrogen (secondary N) is 2. The average molecular weight is 271 g/mol. The predicted molar refractivity (Wildman–Crippen MR) is 85.2 cm³/mol. The lowest BCUT2D eigenvalue weighted by Crippen LogP contribution is -2.27. The van der Waals surface area contributed by atoms with E-state index in [0.29, 0.717) is 5.92 Å². The molecule has 1 aromatic heterocycles. The molecule has 0 radical (unpaired) electrons. The standard InChI is InChI=1S/C17H25N3/c1-13(2)16-11-15-5-4-14(10-17(15)19-16)12-20-8-3-6-18-7-9-20/h4-5,10-11,13,18-19H,3,6-9,12H2,1-2H3. The molecular weight excluding hydrogens is 246 g/mol. The molecule has 0 atom stereocenters. The summed E-state index contributed by atoms with van der Waals surface area (Å²) < 4.78 is 0. The average Bonchev–Trinajstić information content (AvgIpc) is 2.69. The number of H-pyrrole nitrogens is 1. The molecule has 1 saturated heterocycles. The van der Waals surface area contributed by atoms with Crippen molar-refractivity contribution in [2.24, 2.45) is 0 Å². The SMILES string of the molecule is CC(C)c1cc2ccc(CN3CCCNCC3)cc2[nH]1. The number of hydrogen-bond acceptors (Lipinski definition) is 2. The maximum Gasteiger partial charge on any atom is 0.0459 e. The van der Waals surface area contributed by atoms with E-state index in [4.69, 9.17) is 0 Å². The van der Waals surface area contributed by atoms with Crippen LogP contribution >= 0.6 is 0 Å². The van der Waals surface area contributed by atoms with Crippen LogP contribution in [0.25, 0.3) is 10.9 Å². The van der Waals surface area contributed by atoms with Crippen molar-refractivity contribution in [1.29, 1.82) is 0 Å². The second kappa shape index (κ2) is 5.98. The molecule has 108 valence electrons. The topological polar surface area (TPSA) is 31.1 Å². The molecule has 2 aromatic rings. The van der Waals surface area contributed by atoms with Crippen LogP contribution in [0.3, 0.4) is 0 Å². The largest absolute Gasteiger partial charge is 0.358 e. The van der Waals surface area contributed by atoms with E-state index < -0.39 is 0 Å². The van der Waals surface area contributed by atoms with Gasteiger partial charge in [-0.05, 0) is 48.5 Å². The summed E-state index contributed by atoms with van der Waals surface area (Å²) in [5.74, 6) is 0.558. The molecule has 2 N–H and O–H groups in total. The van der Waals surface area contributed by atoms with Crippen LogP contribution in [-0.2, 0) is 6.54 Å². The predicted octanol–water partition coefficient (Wildman–Crippen LogP) is 3.09. The van der Waals surface area contributed by atoms with Gasteiger partial charge >= 0.3 is 0 Å². The van der Waals surface area contributed by atoms with Gasteiger partial charge in [-0.2, -0.15) is 0 Å². The first kappa shape index (κ1) is 13.7. The minimum Gasteiger partial charge on any atom is -0.358 e. The number of hydrogen-bond donors (Lipinski definition) is 2. The van der Waals surface area contributed by atoms with E-state index in [1.165, 1.54) is 35.1 Å². The summed E-state index contributed by atoms with van der Waals surface area (Å²) in [6.07, 6.45) is 1.25. The van der Waals surface area contributed by atoms with Gasteiger partial charge in [0.05, 0.1) is 0 Å². The zero-order valence-electron chi connectivity index (χ0n) is 12.6. The summed E-state index contributed by atoms with van der Waals surface area (Å²) in [5, 5.41) is 4.79. The summed E-state index contributed by atoms with van der Waals surface area (Å²) in [6, 6.07) is 9.13. The Hall–Kier alpha value is -1.32. The van der Waals surface area contributed by atoms with Crippen LogP contribution in [0, 0.1) is 0 Å². The van der Waals surface area contributed by atoms with Crippen LogP contribution in [0.15, 0.2) is 24.3 Å². The Balaban J connectivity index is 1.77. The molecule has 0 bridgehead atoms. The van der Waals surface area contributed by atoms with E-state index in [1.54, 1.807) is 0 Å². The third-order valence-electron chi connectivity index (χ3n) is 4.17. The zero-order chi connectivity index (χ0) is 13.9. The highest BCUT2D eigenvalue weighted by molar-refractivity contribution is 5.81. The highest BCUT2D eigenvalue weighted by atomic mass is 15.1. The first-order valence-corrected chi connectivity index (χ1v) is 7.77. The van der Waals surface area contributed by atoms with Crippen molar-refractivity contribution in [3.05, 3.63) is 35.5 Å². The third-order valence-corrected chi connectivity index (χ3v) is 4.17. The van der Waals surface area contributed by atoms with E-state index in [9.17, 15) is 0 Å². The maximum atomic E-state index is 3.55. The second-order valence-corrected chi connectivity index (χ2v) is 6.18. The van der Waals surface area contributed by atoms with Gasteiger partial charge in [-0.15, -0.1) is 0 Å². The van der Waals surface area contributed by atoms with Gasteiger partial charge in [0.1, 0.15) is 0 Å². The van der Waals surface area contributed by atoms with Gasteiger partial charge in [0.25, 0.3) is 0 Å². The lowest BCUT2D eigenvalue weighted by atomic mass is 10.1. The molecule has 1 aromatic carbocycles. The van der Waals surface area contributed by atoms with Crippen molar-refractivity contribution in [3.8, 4) is 0 Å². The summed E-state index contributed by atoms with van der Waals surface area (Å²) >= 11 is 0. The molecule has 0 amide bonds. The summed E-state index contributed by atoms with van der Waals surface area (Å²) in [6.45, 7) is 10.2. The quantitative estimate of drug-likeness (QED) is 0.899. The van der Waals surface area contributed by atoms with E-state index >= 15 is 0 Å². The molecule has 20 heavy (non-hydrogen) atoms. The lowest BCUT2D eigenvalue weighted by Gasteiger charge is -2.19. The van der Waals surface area contributed by atoms with Crippen LogP contribution in [0.5, 0.6) is 0 Å². The molecule has 0 unspecified atom stereocenters. The molecule has 3 nitrogen and oxygen atoms in total. The van der Waals surface area contributed by atoms with Crippen molar-refractivity contribution in [3.63, 3.8) is 0 Å². The van der Waals surface area contributed by atoms with Crippen LogP contribution in [0.4, 0.5) is 0 Å².